The van der Waals surface area contributed by atoms with E-state index in [2.05, 4.69) is 17.2 Å². The van der Waals surface area contributed by atoms with Crippen molar-refractivity contribution in [3.8, 4) is 0 Å². The summed E-state index contributed by atoms with van der Waals surface area (Å²) in [5.74, 6) is 0.576. The average molecular weight is 356 g/mol. The molecule has 0 radical (unpaired) electrons. The molecule has 6 heteroatoms. The average Bonchev–Trinajstić information content (AvgIpc) is 2.64. The second-order valence-corrected chi connectivity index (χ2v) is 6.21. The van der Waals surface area contributed by atoms with E-state index >= 15 is 0 Å². The first-order valence-corrected chi connectivity index (χ1v) is 8.99. The fraction of sp³-hybridized carbons (Fsp3) is 0.400. The van der Waals surface area contributed by atoms with E-state index in [1.54, 1.807) is 12.2 Å². The molecule has 5 N–H and O–H groups in total. The van der Waals surface area contributed by atoms with Crippen molar-refractivity contribution in [3.05, 3.63) is 53.4 Å². The van der Waals surface area contributed by atoms with Crippen LogP contribution in [0, 0.1) is 5.41 Å². The molecule has 0 aliphatic heterocycles. The van der Waals surface area contributed by atoms with Crippen LogP contribution in [0.5, 0.6) is 0 Å². The summed E-state index contributed by atoms with van der Waals surface area (Å²) >= 11 is 0. The molecule has 0 aromatic heterocycles. The van der Waals surface area contributed by atoms with E-state index in [4.69, 9.17) is 21.0 Å². The summed E-state index contributed by atoms with van der Waals surface area (Å²) in [4.78, 5) is 4.55. The number of hydrogen-bond acceptors (Lipinski definition) is 6. The van der Waals surface area contributed by atoms with Gasteiger partial charge in [0, 0.05) is 18.7 Å². The highest BCUT2D eigenvalue weighted by atomic mass is 16.5. The molecule has 140 valence electrons. The third-order valence-corrected chi connectivity index (χ3v) is 4.09. The van der Waals surface area contributed by atoms with E-state index in [0.29, 0.717) is 30.3 Å². The molecule has 0 heterocycles. The summed E-state index contributed by atoms with van der Waals surface area (Å²) < 4.78 is 5.70. The maximum atomic E-state index is 8.89. The van der Waals surface area contributed by atoms with Crippen LogP contribution in [0.1, 0.15) is 38.3 Å². The highest BCUT2D eigenvalue weighted by Gasteiger charge is 2.15. The number of aliphatic hydroxyl groups excluding tert-OH is 1. The highest BCUT2D eigenvalue weighted by Crippen LogP contribution is 2.20. The monoisotopic (exact) mass is 356 g/mol. The molecule has 1 aromatic rings. The van der Waals surface area contributed by atoms with Gasteiger partial charge in [-0.15, -0.1) is 0 Å². The van der Waals surface area contributed by atoms with Crippen LogP contribution in [0.25, 0.3) is 0 Å². The molecule has 1 aliphatic rings. The van der Waals surface area contributed by atoms with Crippen molar-refractivity contribution in [2.75, 3.05) is 19.8 Å². The fourth-order valence-electron chi connectivity index (χ4n) is 2.51. The molecule has 1 atom stereocenters. The SMILES string of the molecule is CCCCOC1=CC(=Nc2ccc(C(C)NCCO)cc2)C(=N)C=C1N. The van der Waals surface area contributed by atoms with Crippen LogP contribution in [-0.2, 0) is 4.74 Å². The normalized spacial score (nSPS) is 17.0. The van der Waals surface area contributed by atoms with Crippen molar-refractivity contribution >= 4 is 17.1 Å². The lowest BCUT2D eigenvalue weighted by atomic mass is 10.1. The van der Waals surface area contributed by atoms with E-state index < -0.39 is 0 Å². The Morgan fingerprint density at radius 2 is 2.00 bits per heavy atom. The van der Waals surface area contributed by atoms with Gasteiger partial charge in [-0.2, -0.15) is 0 Å². The van der Waals surface area contributed by atoms with Crippen molar-refractivity contribution in [2.45, 2.75) is 32.7 Å². The van der Waals surface area contributed by atoms with Gasteiger partial charge in [0.25, 0.3) is 0 Å². The molecule has 0 bridgehead atoms. The van der Waals surface area contributed by atoms with Crippen LogP contribution in [0.15, 0.2) is 52.9 Å². The van der Waals surface area contributed by atoms with Gasteiger partial charge in [-0.3, -0.25) is 5.41 Å². The molecule has 26 heavy (non-hydrogen) atoms. The van der Waals surface area contributed by atoms with Gasteiger partial charge in [-0.1, -0.05) is 25.5 Å². The van der Waals surface area contributed by atoms with Crippen molar-refractivity contribution in [2.24, 2.45) is 10.7 Å². The lowest BCUT2D eigenvalue weighted by Crippen LogP contribution is -2.21. The van der Waals surface area contributed by atoms with Crippen LogP contribution < -0.4 is 11.1 Å². The minimum Gasteiger partial charge on any atom is -0.491 e. The number of rotatable bonds is 9. The largest absolute Gasteiger partial charge is 0.491 e. The van der Waals surface area contributed by atoms with Gasteiger partial charge in [-0.25, -0.2) is 4.99 Å². The number of aliphatic hydroxyl groups is 1. The zero-order valence-corrected chi connectivity index (χ0v) is 15.5. The summed E-state index contributed by atoms with van der Waals surface area (Å²) in [6.07, 6.45) is 5.31. The quantitative estimate of drug-likeness (QED) is 0.403. The maximum Gasteiger partial charge on any atom is 0.144 e. The Morgan fingerprint density at radius 3 is 2.65 bits per heavy atom. The van der Waals surface area contributed by atoms with E-state index in [1.807, 2.05) is 31.2 Å². The number of hydrogen-bond donors (Lipinski definition) is 4. The Bertz CT molecular complexity index is 705. The predicted octanol–water partition coefficient (Wildman–Crippen LogP) is 2.98. The summed E-state index contributed by atoms with van der Waals surface area (Å²) in [6.45, 7) is 5.42. The van der Waals surface area contributed by atoms with Crippen molar-refractivity contribution in [1.82, 2.24) is 5.32 Å². The van der Waals surface area contributed by atoms with Crippen LogP contribution in [0.3, 0.4) is 0 Å². The van der Waals surface area contributed by atoms with Gasteiger partial charge in [0.2, 0.25) is 0 Å². The van der Waals surface area contributed by atoms with Crippen molar-refractivity contribution < 1.29 is 9.84 Å². The smallest absolute Gasteiger partial charge is 0.144 e. The lowest BCUT2D eigenvalue weighted by molar-refractivity contribution is 0.215. The molecule has 0 amide bonds. The number of nitrogens with two attached hydrogens (primary N) is 1. The number of nitrogens with zero attached hydrogens (tertiary/aromatic N) is 1. The molecule has 2 rings (SSSR count). The molecule has 0 saturated carbocycles. The minimum absolute atomic E-state index is 0.115. The van der Waals surface area contributed by atoms with E-state index in [0.717, 1.165) is 24.1 Å². The highest BCUT2D eigenvalue weighted by molar-refractivity contribution is 6.50. The topological polar surface area (TPSA) is 104 Å². The van der Waals surface area contributed by atoms with Gasteiger partial charge in [-0.05, 0) is 37.1 Å². The second-order valence-electron chi connectivity index (χ2n) is 6.21. The lowest BCUT2D eigenvalue weighted by Gasteiger charge is -2.16. The Hall–Kier alpha value is -2.44. The van der Waals surface area contributed by atoms with Gasteiger partial charge in [0.05, 0.1) is 36.0 Å². The third kappa shape index (κ3) is 5.54. The Kier molecular flexibility index (Phi) is 7.56. The van der Waals surface area contributed by atoms with Crippen molar-refractivity contribution in [3.63, 3.8) is 0 Å². The summed E-state index contributed by atoms with van der Waals surface area (Å²) in [6, 6.07) is 7.97. The number of nitrogens with one attached hydrogen (secondary N) is 2. The Labute approximate surface area is 155 Å². The number of ether oxygens (including phenoxy) is 1. The van der Waals surface area contributed by atoms with Crippen LogP contribution in [-0.4, -0.2) is 36.3 Å². The maximum absolute atomic E-state index is 8.89. The molecule has 0 spiro atoms. The van der Waals surface area contributed by atoms with E-state index in [-0.39, 0.29) is 18.4 Å². The standard InChI is InChI=1S/C20H28N4O2/c1-3-4-11-26-20-13-19(17(21)12-18(20)22)24-16-7-5-15(6-8-16)14(2)23-9-10-25/h5-8,12-14,21,23,25H,3-4,9-11,22H2,1-2H3. The Balaban J connectivity index is 2.13. The zero-order valence-electron chi connectivity index (χ0n) is 15.5. The summed E-state index contributed by atoms with van der Waals surface area (Å²) in [5.41, 5.74) is 9.09. The molecular formula is C20H28N4O2. The van der Waals surface area contributed by atoms with Gasteiger partial charge < -0.3 is 20.9 Å². The first kappa shape index (κ1) is 19.9. The third-order valence-electron chi connectivity index (χ3n) is 4.09. The molecule has 0 fully saturated rings. The van der Waals surface area contributed by atoms with Gasteiger partial charge in [0.1, 0.15) is 5.76 Å². The number of allylic oxidation sites excluding steroid dienone is 2. The summed E-state index contributed by atoms with van der Waals surface area (Å²) in [5, 5.41) is 20.2. The van der Waals surface area contributed by atoms with Gasteiger partial charge >= 0.3 is 0 Å². The summed E-state index contributed by atoms with van der Waals surface area (Å²) in [7, 11) is 0. The van der Waals surface area contributed by atoms with Gasteiger partial charge in [0.15, 0.2) is 0 Å². The molecule has 6 nitrogen and oxygen atoms in total. The van der Waals surface area contributed by atoms with E-state index in [1.165, 1.54) is 0 Å². The van der Waals surface area contributed by atoms with E-state index in [9.17, 15) is 0 Å². The number of benzene rings is 1. The predicted molar refractivity (Wildman–Crippen MR) is 106 cm³/mol. The number of unbranched alkanes of at least 4 members (excludes halogenated alkanes) is 1. The second kappa shape index (κ2) is 9.89. The van der Waals surface area contributed by atoms with Crippen LogP contribution in [0.2, 0.25) is 0 Å². The molecule has 0 saturated heterocycles. The minimum atomic E-state index is 0.115. The zero-order chi connectivity index (χ0) is 18.9. The molecule has 1 unspecified atom stereocenters. The molecule has 1 aromatic carbocycles. The van der Waals surface area contributed by atoms with Crippen LogP contribution in [0.4, 0.5) is 5.69 Å². The van der Waals surface area contributed by atoms with Crippen molar-refractivity contribution in [1.29, 1.82) is 5.41 Å². The molecular weight excluding hydrogens is 328 g/mol. The van der Waals surface area contributed by atoms with Crippen LogP contribution >= 0.6 is 0 Å². The fourth-order valence-corrected chi connectivity index (χ4v) is 2.51. The Morgan fingerprint density at radius 1 is 1.27 bits per heavy atom. The molecule has 1 aliphatic carbocycles. The number of aliphatic imine (C=N–C) groups is 1. The first-order chi connectivity index (χ1) is 12.5. The first-order valence-electron chi connectivity index (χ1n) is 8.99.